The van der Waals surface area contributed by atoms with E-state index < -0.39 is 0 Å². The van der Waals surface area contributed by atoms with Crippen LogP contribution in [-0.4, -0.2) is 37.0 Å². The first-order valence-corrected chi connectivity index (χ1v) is 8.91. The van der Waals surface area contributed by atoms with Crippen LogP contribution in [0.4, 0.5) is 0 Å². The van der Waals surface area contributed by atoms with Crippen molar-refractivity contribution in [3.8, 4) is 5.82 Å². The molecule has 2 aromatic rings. The summed E-state index contributed by atoms with van der Waals surface area (Å²) < 4.78 is 2.01. The highest BCUT2D eigenvalue weighted by molar-refractivity contribution is 5.23. The van der Waals surface area contributed by atoms with Crippen LogP contribution >= 0.6 is 0 Å². The Balaban J connectivity index is 1.60. The zero-order valence-corrected chi connectivity index (χ0v) is 13.9. The molecular weight excluding hydrogens is 286 g/mol. The van der Waals surface area contributed by atoms with Crippen LogP contribution in [0.3, 0.4) is 0 Å². The molecule has 2 aromatic heterocycles. The molecule has 2 aliphatic rings. The van der Waals surface area contributed by atoms with Crippen LogP contribution in [-0.2, 0) is 0 Å². The molecule has 2 fully saturated rings. The highest BCUT2D eigenvalue weighted by Crippen LogP contribution is 2.36. The molecular formula is C18H25N5. The molecule has 5 heteroatoms. The van der Waals surface area contributed by atoms with E-state index in [0.717, 1.165) is 23.4 Å². The van der Waals surface area contributed by atoms with Gasteiger partial charge in [-0.3, -0.25) is 14.5 Å². The Bertz CT molecular complexity index is 659. The molecule has 0 bridgehead atoms. The molecule has 0 unspecified atom stereocenters. The first-order valence-electron chi connectivity index (χ1n) is 8.91. The van der Waals surface area contributed by atoms with Gasteiger partial charge in [-0.2, -0.15) is 0 Å². The molecule has 0 N–H and O–H groups in total. The number of rotatable bonds is 3. The summed E-state index contributed by atoms with van der Waals surface area (Å²) in [6, 6.07) is 1.19. The fourth-order valence-electron chi connectivity index (χ4n) is 4.22. The Morgan fingerprint density at radius 3 is 2.70 bits per heavy atom. The molecule has 5 nitrogen and oxygen atoms in total. The van der Waals surface area contributed by atoms with E-state index in [1.54, 1.807) is 0 Å². The largest absolute Gasteiger partial charge is 0.292 e. The minimum atomic E-state index is 0.439. The molecule has 23 heavy (non-hydrogen) atoms. The number of aryl methyl sites for hydroxylation is 1. The standard InChI is InChI=1S/C18H25N5/c1-14-20-9-11-22(14)18-13-19-12-16(21-18)17-8-5-10-23(17)15-6-3-2-4-7-15/h9,11-13,15,17H,2-8,10H2,1H3/t17-/m0/s1. The maximum absolute atomic E-state index is 4.92. The SMILES string of the molecule is Cc1nccn1-c1cncc([C@@H]2CCCN2C2CCCCC2)n1. The van der Waals surface area contributed by atoms with Crippen molar-refractivity contribution in [3.05, 3.63) is 36.3 Å². The molecule has 0 aromatic carbocycles. The third-order valence-electron chi connectivity index (χ3n) is 5.39. The van der Waals surface area contributed by atoms with Crippen molar-refractivity contribution in [2.24, 2.45) is 0 Å². The van der Waals surface area contributed by atoms with E-state index in [9.17, 15) is 0 Å². The molecule has 0 radical (unpaired) electrons. The maximum Gasteiger partial charge on any atom is 0.156 e. The van der Waals surface area contributed by atoms with Crippen molar-refractivity contribution in [1.82, 2.24) is 24.4 Å². The van der Waals surface area contributed by atoms with Gasteiger partial charge in [0.15, 0.2) is 5.82 Å². The zero-order chi connectivity index (χ0) is 15.6. The van der Waals surface area contributed by atoms with E-state index >= 15 is 0 Å². The molecule has 1 aliphatic carbocycles. The first-order chi connectivity index (χ1) is 11.3. The minimum Gasteiger partial charge on any atom is -0.292 e. The third kappa shape index (κ3) is 2.90. The zero-order valence-electron chi connectivity index (χ0n) is 13.9. The predicted octanol–water partition coefficient (Wildman–Crippen LogP) is 3.44. The molecule has 0 amide bonds. The smallest absolute Gasteiger partial charge is 0.156 e. The molecule has 0 spiro atoms. The summed E-state index contributed by atoms with van der Waals surface area (Å²) in [5, 5.41) is 0. The second kappa shape index (κ2) is 6.40. The highest BCUT2D eigenvalue weighted by atomic mass is 15.2. The quantitative estimate of drug-likeness (QED) is 0.871. The van der Waals surface area contributed by atoms with Crippen LogP contribution in [0.1, 0.15) is 62.5 Å². The third-order valence-corrected chi connectivity index (χ3v) is 5.39. The second-order valence-electron chi connectivity index (χ2n) is 6.83. The minimum absolute atomic E-state index is 0.439. The summed E-state index contributed by atoms with van der Waals surface area (Å²) in [5.74, 6) is 1.83. The van der Waals surface area contributed by atoms with Gasteiger partial charge >= 0.3 is 0 Å². The lowest BCUT2D eigenvalue weighted by Gasteiger charge is -2.35. The summed E-state index contributed by atoms with van der Waals surface area (Å²) in [4.78, 5) is 16.4. The highest BCUT2D eigenvalue weighted by Gasteiger charge is 2.33. The van der Waals surface area contributed by atoms with E-state index in [0.29, 0.717) is 6.04 Å². The number of hydrogen-bond acceptors (Lipinski definition) is 4. The van der Waals surface area contributed by atoms with Crippen molar-refractivity contribution in [1.29, 1.82) is 0 Å². The van der Waals surface area contributed by atoms with Gasteiger partial charge in [0.1, 0.15) is 5.82 Å². The molecule has 1 saturated carbocycles. The van der Waals surface area contributed by atoms with Crippen LogP contribution in [0.25, 0.3) is 5.82 Å². The monoisotopic (exact) mass is 311 g/mol. The van der Waals surface area contributed by atoms with E-state index in [-0.39, 0.29) is 0 Å². The van der Waals surface area contributed by atoms with Crippen molar-refractivity contribution < 1.29 is 0 Å². The van der Waals surface area contributed by atoms with Crippen molar-refractivity contribution in [3.63, 3.8) is 0 Å². The van der Waals surface area contributed by atoms with Gasteiger partial charge in [0.2, 0.25) is 0 Å². The topological polar surface area (TPSA) is 46.8 Å². The first kappa shape index (κ1) is 14.8. The number of hydrogen-bond donors (Lipinski definition) is 0. The van der Waals surface area contributed by atoms with Gasteiger partial charge in [0, 0.05) is 18.4 Å². The predicted molar refractivity (Wildman–Crippen MR) is 89.4 cm³/mol. The average Bonchev–Trinajstić information content (AvgIpc) is 3.25. The Morgan fingerprint density at radius 1 is 1.04 bits per heavy atom. The Hall–Kier alpha value is -1.75. The molecule has 1 aliphatic heterocycles. The lowest BCUT2D eigenvalue weighted by molar-refractivity contribution is 0.140. The fraction of sp³-hybridized carbons (Fsp3) is 0.611. The normalized spacial score (nSPS) is 23.4. The fourth-order valence-corrected chi connectivity index (χ4v) is 4.22. The van der Waals surface area contributed by atoms with Crippen LogP contribution in [0.2, 0.25) is 0 Å². The van der Waals surface area contributed by atoms with Gasteiger partial charge in [-0.1, -0.05) is 19.3 Å². The Kier molecular flexibility index (Phi) is 4.12. The van der Waals surface area contributed by atoms with E-state index in [2.05, 4.69) is 14.9 Å². The van der Waals surface area contributed by atoms with E-state index in [4.69, 9.17) is 4.98 Å². The van der Waals surface area contributed by atoms with Crippen LogP contribution in [0, 0.1) is 6.92 Å². The molecule has 3 heterocycles. The second-order valence-corrected chi connectivity index (χ2v) is 6.83. The van der Waals surface area contributed by atoms with E-state index in [1.807, 2.05) is 36.3 Å². The van der Waals surface area contributed by atoms with Crippen molar-refractivity contribution >= 4 is 0 Å². The summed E-state index contributed by atoms with van der Waals surface area (Å²) in [5.41, 5.74) is 1.12. The Labute approximate surface area is 137 Å². The summed E-state index contributed by atoms with van der Waals surface area (Å²) in [6.45, 7) is 3.21. The van der Waals surface area contributed by atoms with Gasteiger partial charge in [-0.05, 0) is 39.2 Å². The number of aromatic nitrogens is 4. The van der Waals surface area contributed by atoms with Gasteiger partial charge in [0.05, 0.1) is 24.1 Å². The summed E-state index contributed by atoms with van der Waals surface area (Å²) in [6.07, 6.45) is 16.9. The lowest BCUT2D eigenvalue weighted by Crippen LogP contribution is -2.36. The van der Waals surface area contributed by atoms with Crippen LogP contribution in [0.15, 0.2) is 24.8 Å². The summed E-state index contributed by atoms with van der Waals surface area (Å²) >= 11 is 0. The number of nitrogens with zero attached hydrogens (tertiary/aromatic N) is 5. The van der Waals surface area contributed by atoms with Gasteiger partial charge in [-0.15, -0.1) is 0 Å². The average molecular weight is 311 g/mol. The number of imidazole rings is 1. The lowest BCUT2D eigenvalue weighted by atomic mass is 9.93. The van der Waals surface area contributed by atoms with Crippen LogP contribution in [0.5, 0.6) is 0 Å². The van der Waals surface area contributed by atoms with Gasteiger partial charge in [-0.25, -0.2) is 9.97 Å². The van der Waals surface area contributed by atoms with E-state index in [1.165, 1.54) is 51.5 Å². The molecule has 4 rings (SSSR count). The van der Waals surface area contributed by atoms with Crippen LogP contribution < -0.4 is 0 Å². The molecule has 122 valence electrons. The molecule has 1 atom stereocenters. The number of likely N-dealkylation sites (tertiary alicyclic amines) is 1. The van der Waals surface area contributed by atoms with Crippen molar-refractivity contribution in [2.45, 2.75) is 64.0 Å². The van der Waals surface area contributed by atoms with Gasteiger partial charge in [0.25, 0.3) is 0 Å². The maximum atomic E-state index is 4.92. The van der Waals surface area contributed by atoms with Gasteiger partial charge < -0.3 is 0 Å². The Morgan fingerprint density at radius 2 is 1.91 bits per heavy atom. The summed E-state index contributed by atoms with van der Waals surface area (Å²) in [7, 11) is 0. The molecule has 1 saturated heterocycles. The van der Waals surface area contributed by atoms with Crippen molar-refractivity contribution in [2.75, 3.05) is 6.54 Å².